The van der Waals surface area contributed by atoms with Crippen LogP contribution in [-0.2, 0) is 9.59 Å². The van der Waals surface area contributed by atoms with Gasteiger partial charge in [0.15, 0.2) is 0 Å². The zero-order chi connectivity index (χ0) is 11.5. The summed E-state index contributed by atoms with van der Waals surface area (Å²) in [6, 6.07) is -0.752. The number of carbonyl (C=O) groups is 3. The molecule has 0 aliphatic carbocycles. The monoisotopic (exact) mass is 223 g/mol. The lowest BCUT2D eigenvalue weighted by Gasteiger charge is -2.21. The molecule has 0 spiro atoms. The quantitative estimate of drug-likeness (QED) is 0.404. The first-order valence-corrected chi connectivity index (χ1v) is 5.26. The van der Waals surface area contributed by atoms with Gasteiger partial charge in [-0.3, -0.25) is 20.2 Å². The van der Waals surface area contributed by atoms with E-state index >= 15 is 0 Å². The molecular weight excluding hydrogens is 210 g/mol. The molecule has 0 saturated carbocycles. The minimum Gasteiger partial charge on any atom is -0.317 e. The predicted octanol–water partition coefficient (Wildman–Crippen LogP) is -0.722. The van der Waals surface area contributed by atoms with Crippen LogP contribution in [0.4, 0.5) is 4.79 Å². The SMILES string of the molecule is O=C1NC(=O)C(=CC2CCNCC2)C(=O)N1. The maximum atomic E-state index is 11.4. The summed E-state index contributed by atoms with van der Waals surface area (Å²) in [6.07, 6.45) is 3.47. The second-order valence-corrected chi connectivity index (χ2v) is 3.91. The topological polar surface area (TPSA) is 87.3 Å². The molecule has 0 bridgehead atoms. The highest BCUT2D eigenvalue weighted by atomic mass is 16.2. The third-order valence-electron chi connectivity index (χ3n) is 2.73. The summed E-state index contributed by atoms with van der Waals surface area (Å²) in [6.45, 7) is 1.77. The molecule has 6 heteroatoms. The van der Waals surface area contributed by atoms with Crippen molar-refractivity contribution in [2.24, 2.45) is 5.92 Å². The fourth-order valence-electron chi connectivity index (χ4n) is 1.87. The third-order valence-corrected chi connectivity index (χ3v) is 2.73. The number of allylic oxidation sites excluding steroid dienone is 1. The van der Waals surface area contributed by atoms with Gasteiger partial charge >= 0.3 is 6.03 Å². The van der Waals surface area contributed by atoms with E-state index in [9.17, 15) is 14.4 Å². The van der Waals surface area contributed by atoms with Gasteiger partial charge in [0, 0.05) is 0 Å². The highest BCUT2D eigenvalue weighted by Gasteiger charge is 2.28. The van der Waals surface area contributed by atoms with Crippen LogP contribution in [0.15, 0.2) is 11.6 Å². The van der Waals surface area contributed by atoms with Gasteiger partial charge in [-0.25, -0.2) is 4.79 Å². The van der Waals surface area contributed by atoms with Gasteiger partial charge in [-0.05, 0) is 31.8 Å². The first-order chi connectivity index (χ1) is 7.66. The van der Waals surface area contributed by atoms with Crippen LogP contribution in [0.1, 0.15) is 12.8 Å². The van der Waals surface area contributed by atoms with Gasteiger partial charge in [0.05, 0.1) is 0 Å². The Hall–Kier alpha value is -1.69. The number of piperidine rings is 1. The number of amides is 4. The van der Waals surface area contributed by atoms with Crippen molar-refractivity contribution < 1.29 is 14.4 Å². The molecule has 2 fully saturated rings. The summed E-state index contributed by atoms with van der Waals surface area (Å²) in [5, 5.41) is 7.31. The number of carbonyl (C=O) groups excluding carboxylic acids is 3. The van der Waals surface area contributed by atoms with Gasteiger partial charge in [0.25, 0.3) is 11.8 Å². The van der Waals surface area contributed by atoms with Gasteiger partial charge in [-0.15, -0.1) is 0 Å². The molecule has 2 aliphatic heterocycles. The Labute approximate surface area is 92.5 Å². The smallest absolute Gasteiger partial charge is 0.317 e. The van der Waals surface area contributed by atoms with E-state index in [0.29, 0.717) is 0 Å². The van der Waals surface area contributed by atoms with Crippen LogP contribution in [0, 0.1) is 5.92 Å². The average Bonchev–Trinajstić information content (AvgIpc) is 2.25. The minimum atomic E-state index is -0.752. The predicted molar refractivity (Wildman–Crippen MR) is 55.4 cm³/mol. The maximum absolute atomic E-state index is 11.4. The Morgan fingerprint density at radius 3 is 2.12 bits per heavy atom. The second-order valence-electron chi connectivity index (χ2n) is 3.91. The minimum absolute atomic E-state index is 0.0477. The Morgan fingerprint density at radius 2 is 1.56 bits per heavy atom. The molecule has 0 radical (unpaired) electrons. The summed E-state index contributed by atoms with van der Waals surface area (Å²) in [5.41, 5.74) is 0.0477. The molecule has 3 N–H and O–H groups in total. The number of imide groups is 2. The fraction of sp³-hybridized carbons (Fsp3) is 0.500. The molecule has 2 rings (SSSR count). The van der Waals surface area contributed by atoms with Gasteiger partial charge in [-0.2, -0.15) is 0 Å². The molecule has 86 valence electrons. The van der Waals surface area contributed by atoms with Crippen LogP contribution < -0.4 is 16.0 Å². The number of rotatable bonds is 1. The lowest BCUT2D eigenvalue weighted by molar-refractivity contribution is -0.124. The fourth-order valence-corrected chi connectivity index (χ4v) is 1.87. The van der Waals surface area contributed by atoms with Crippen LogP contribution >= 0.6 is 0 Å². The normalized spacial score (nSPS) is 22.8. The first kappa shape index (κ1) is 10.8. The Bertz CT molecular complexity index is 348. The van der Waals surface area contributed by atoms with E-state index in [-0.39, 0.29) is 11.5 Å². The standard InChI is InChI=1S/C10H13N3O3/c14-8-7(9(15)13-10(16)12-8)5-6-1-3-11-4-2-6/h5-6,11H,1-4H2,(H2,12,13,14,15,16). The highest BCUT2D eigenvalue weighted by Crippen LogP contribution is 2.16. The van der Waals surface area contributed by atoms with Crippen molar-refractivity contribution in [3.63, 3.8) is 0 Å². The van der Waals surface area contributed by atoms with E-state index in [0.717, 1.165) is 25.9 Å². The van der Waals surface area contributed by atoms with Crippen molar-refractivity contribution in [1.29, 1.82) is 0 Å². The molecule has 2 saturated heterocycles. The van der Waals surface area contributed by atoms with Crippen molar-refractivity contribution in [3.8, 4) is 0 Å². The molecule has 0 aromatic rings. The Kier molecular flexibility index (Phi) is 3.00. The van der Waals surface area contributed by atoms with Crippen molar-refractivity contribution in [2.45, 2.75) is 12.8 Å². The molecule has 4 amide bonds. The number of nitrogens with one attached hydrogen (secondary N) is 3. The molecule has 0 atom stereocenters. The van der Waals surface area contributed by atoms with Crippen LogP contribution in [0.5, 0.6) is 0 Å². The van der Waals surface area contributed by atoms with E-state index in [4.69, 9.17) is 0 Å². The lowest BCUT2D eigenvalue weighted by atomic mass is 9.94. The van der Waals surface area contributed by atoms with Gasteiger partial charge < -0.3 is 5.32 Å². The largest absolute Gasteiger partial charge is 0.328 e. The second kappa shape index (κ2) is 4.44. The van der Waals surface area contributed by atoms with E-state index in [2.05, 4.69) is 16.0 Å². The van der Waals surface area contributed by atoms with Crippen LogP contribution in [-0.4, -0.2) is 30.9 Å². The highest BCUT2D eigenvalue weighted by molar-refractivity contribution is 6.28. The summed E-state index contributed by atoms with van der Waals surface area (Å²) in [4.78, 5) is 33.6. The van der Waals surface area contributed by atoms with Crippen LogP contribution in [0.3, 0.4) is 0 Å². The number of urea groups is 1. The maximum Gasteiger partial charge on any atom is 0.328 e. The van der Waals surface area contributed by atoms with Crippen molar-refractivity contribution in [1.82, 2.24) is 16.0 Å². The van der Waals surface area contributed by atoms with E-state index in [1.54, 1.807) is 6.08 Å². The molecule has 2 heterocycles. The molecule has 16 heavy (non-hydrogen) atoms. The summed E-state index contributed by atoms with van der Waals surface area (Å²) < 4.78 is 0. The van der Waals surface area contributed by atoms with Crippen molar-refractivity contribution >= 4 is 17.8 Å². The van der Waals surface area contributed by atoms with E-state index in [1.807, 2.05) is 0 Å². The summed E-state index contributed by atoms with van der Waals surface area (Å²) >= 11 is 0. The van der Waals surface area contributed by atoms with Crippen molar-refractivity contribution in [2.75, 3.05) is 13.1 Å². The number of hydrogen-bond donors (Lipinski definition) is 3. The van der Waals surface area contributed by atoms with Gasteiger partial charge in [0.2, 0.25) is 0 Å². The Balaban J connectivity index is 2.11. The third kappa shape index (κ3) is 2.27. The molecule has 0 unspecified atom stereocenters. The molecule has 0 aromatic heterocycles. The Morgan fingerprint density at radius 1 is 1.00 bits per heavy atom. The first-order valence-electron chi connectivity index (χ1n) is 5.26. The van der Waals surface area contributed by atoms with Gasteiger partial charge in [0.1, 0.15) is 5.57 Å². The molecule has 2 aliphatic rings. The van der Waals surface area contributed by atoms with Gasteiger partial charge in [-0.1, -0.05) is 6.08 Å². The molecule has 0 aromatic carbocycles. The lowest BCUT2D eigenvalue weighted by Crippen LogP contribution is -2.51. The van der Waals surface area contributed by atoms with Crippen LogP contribution in [0.25, 0.3) is 0 Å². The van der Waals surface area contributed by atoms with E-state index < -0.39 is 17.8 Å². The molecule has 6 nitrogen and oxygen atoms in total. The summed E-state index contributed by atoms with van der Waals surface area (Å²) in [7, 11) is 0. The van der Waals surface area contributed by atoms with Crippen LogP contribution in [0.2, 0.25) is 0 Å². The number of barbiturate groups is 1. The average molecular weight is 223 g/mol. The van der Waals surface area contributed by atoms with E-state index in [1.165, 1.54) is 0 Å². The van der Waals surface area contributed by atoms with Crippen molar-refractivity contribution in [3.05, 3.63) is 11.6 Å². The summed E-state index contributed by atoms with van der Waals surface area (Å²) in [5.74, 6) is -0.986. The number of hydrogen-bond acceptors (Lipinski definition) is 4. The zero-order valence-corrected chi connectivity index (χ0v) is 8.71. The zero-order valence-electron chi connectivity index (χ0n) is 8.71. The molecular formula is C10H13N3O3.